The topological polar surface area (TPSA) is 97.2 Å². The van der Waals surface area contributed by atoms with Crippen LogP contribution < -0.4 is 9.03 Å². The Labute approximate surface area is 140 Å². The number of hydrogen-bond acceptors (Lipinski definition) is 5. The van der Waals surface area contributed by atoms with Crippen LogP contribution in [-0.4, -0.2) is 35.4 Å². The lowest BCUT2D eigenvalue weighted by molar-refractivity contribution is -0.119. The molecule has 24 heavy (non-hydrogen) atoms. The zero-order valence-corrected chi connectivity index (χ0v) is 14.1. The van der Waals surface area contributed by atoms with Gasteiger partial charge in [0.05, 0.1) is 18.4 Å². The van der Waals surface area contributed by atoms with E-state index in [1.165, 1.54) is 15.2 Å². The number of benzene rings is 1. The largest absolute Gasteiger partial charge is 0.326 e. The molecular weight excluding hydrogens is 330 g/mol. The van der Waals surface area contributed by atoms with E-state index in [1.54, 1.807) is 18.3 Å². The Hall–Kier alpha value is -2.42. The van der Waals surface area contributed by atoms with Crippen LogP contribution in [0.2, 0.25) is 0 Å². The summed E-state index contributed by atoms with van der Waals surface area (Å²) in [4.78, 5) is 12.0. The van der Waals surface area contributed by atoms with Gasteiger partial charge in [-0.2, -0.15) is 8.42 Å². The number of carbonyl (C=O) groups excluding carboxylic acids is 1. The smallest absolute Gasteiger partial charge is 0.274 e. The van der Waals surface area contributed by atoms with Crippen molar-refractivity contribution in [1.82, 2.24) is 19.7 Å². The number of aryl methyl sites for hydroxylation is 2. The van der Waals surface area contributed by atoms with Crippen molar-refractivity contribution in [1.29, 1.82) is 0 Å². The quantitative estimate of drug-likeness (QED) is 0.864. The van der Waals surface area contributed by atoms with Crippen molar-refractivity contribution in [2.24, 2.45) is 0 Å². The van der Waals surface area contributed by atoms with Gasteiger partial charge >= 0.3 is 10.2 Å². The summed E-state index contributed by atoms with van der Waals surface area (Å²) in [7, 11) is -3.95. The van der Waals surface area contributed by atoms with Crippen molar-refractivity contribution < 1.29 is 13.2 Å². The van der Waals surface area contributed by atoms with Crippen molar-refractivity contribution in [3.05, 3.63) is 42.2 Å². The normalized spacial score (nSPS) is 17.4. The Morgan fingerprint density at radius 1 is 1.38 bits per heavy atom. The number of amides is 1. The zero-order chi connectivity index (χ0) is 17.2. The molecule has 128 valence electrons. The molecule has 0 bridgehead atoms. The third-order valence-electron chi connectivity index (χ3n) is 4.00. The van der Waals surface area contributed by atoms with Gasteiger partial charge in [0.15, 0.2) is 0 Å². The van der Waals surface area contributed by atoms with E-state index in [-0.39, 0.29) is 19.0 Å². The summed E-state index contributed by atoms with van der Waals surface area (Å²) >= 11 is 0. The molecule has 0 saturated carbocycles. The molecule has 1 aliphatic rings. The van der Waals surface area contributed by atoms with Crippen LogP contribution in [0.15, 0.2) is 36.7 Å². The maximum atomic E-state index is 12.7. The molecule has 3 rings (SSSR count). The number of anilines is 1. The van der Waals surface area contributed by atoms with Gasteiger partial charge in [-0.05, 0) is 31.4 Å². The molecule has 8 nitrogen and oxygen atoms in total. The van der Waals surface area contributed by atoms with Crippen LogP contribution in [0, 0.1) is 0 Å². The molecule has 0 radical (unpaired) electrons. The summed E-state index contributed by atoms with van der Waals surface area (Å²) in [5, 5.41) is 7.38. The van der Waals surface area contributed by atoms with Gasteiger partial charge in [-0.25, -0.2) is 4.72 Å². The van der Waals surface area contributed by atoms with Gasteiger partial charge in [0.1, 0.15) is 0 Å². The van der Waals surface area contributed by atoms with E-state index >= 15 is 0 Å². The first-order valence-electron chi connectivity index (χ1n) is 7.74. The molecular formula is C15H19N5O3S. The molecule has 1 amide bonds. The van der Waals surface area contributed by atoms with Gasteiger partial charge in [0, 0.05) is 18.7 Å². The average molecular weight is 349 g/mol. The standard InChI is InChI=1S/C15H19N5O3S/c1-12-6-7-13-4-2-3-5-14(13)20(12)24(22,23)17-15(21)8-10-19-11-9-16-18-19/h2-5,9,11-12H,6-8,10H2,1H3,(H,17,21)/t12-/m1/s1. The van der Waals surface area contributed by atoms with Crippen molar-refractivity contribution >= 4 is 21.8 Å². The zero-order valence-electron chi connectivity index (χ0n) is 13.3. The van der Waals surface area contributed by atoms with Gasteiger partial charge in [0.2, 0.25) is 5.91 Å². The van der Waals surface area contributed by atoms with Gasteiger partial charge < -0.3 is 0 Å². The second-order valence-electron chi connectivity index (χ2n) is 5.76. The fraction of sp³-hybridized carbons (Fsp3) is 0.400. The summed E-state index contributed by atoms with van der Waals surface area (Å²) in [6.07, 6.45) is 4.66. The van der Waals surface area contributed by atoms with Gasteiger partial charge in [-0.15, -0.1) is 5.10 Å². The average Bonchev–Trinajstić information content (AvgIpc) is 3.05. The van der Waals surface area contributed by atoms with Crippen LogP contribution in [0.4, 0.5) is 5.69 Å². The maximum absolute atomic E-state index is 12.7. The number of hydrogen-bond donors (Lipinski definition) is 1. The first-order valence-corrected chi connectivity index (χ1v) is 9.18. The Bertz CT molecular complexity index is 819. The molecule has 1 aliphatic heterocycles. The van der Waals surface area contributed by atoms with E-state index in [4.69, 9.17) is 0 Å². The highest BCUT2D eigenvalue weighted by Gasteiger charge is 2.33. The van der Waals surface area contributed by atoms with Crippen LogP contribution in [0.25, 0.3) is 0 Å². The lowest BCUT2D eigenvalue weighted by atomic mass is 9.99. The molecule has 1 N–H and O–H groups in total. The highest BCUT2D eigenvalue weighted by molar-refractivity contribution is 7.91. The van der Waals surface area contributed by atoms with Crippen LogP contribution >= 0.6 is 0 Å². The molecule has 2 heterocycles. The summed E-state index contributed by atoms with van der Waals surface area (Å²) in [5.74, 6) is -0.569. The fourth-order valence-corrected chi connectivity index (χ4v) is 4.34. The van der Waals surface area contributed by atoms with Crippen LogP contribution in [-0.2, 0) is 28.0 Å². The van der Waals surface area contributed by atoms with Crippen molar-refractivity contribution in [3.8, 4) is 0 Å². The molecule has 1 aromatic heterocycles. The number of nitrogens with zero attached hydrogens (tertiary/aromatic N) is 4. The third kappa shape index (κ3) is 3.40. The lowest BCUT2D eigenvalue weighted by Crippen LogP contribution is -2.49. The molecule has 1 aromatic carbocycles. The highest BCUT2D eigenvalue weighted by atomic mass is 32.2. The maximum Gasteiger partial charge on any atom is 0.326 e. The van der Waals surface area contributed by atoms with E-state index in [9.17, 15) is 13.2 Å². The van der Waals surface area contributed by atoms with E-state index < -0.39 is 16.1 Å². The van der Waals surface area contributed by atoms with Crippen LogP contribution in [0.1, 0.15) is 25.3 Å². The monoisotopic (exact) mass is 349 g/mol. The molecule has 0 saturated heterocycles. The number of fused-ring (bicyclic) bond motifs is 1. The van der Waals surface area contributed by atoms with Gasteiger partial charge in [-0.1, -0.05) is 23.4 Å². The molecule has 0 unspecified atom stereocenters. The molecule has 0 aliphatic carbocycles. The number of carbonyl (C=O) groups is 1. The minimum Gasteiger partial charge on any atom is -0.274 e. The molecule has 2 aromatic rings. The van der Waals surface area contributed by atoms with Gasteiger partial charge in [-0.3, -0.25) is 13.8 Å². The van der Waals surface area contributed by atoms with Crippen molar-refractivity contribution in [2.75, 3.05) is 4.31 Å². The summed E-state index contributed by atoms with van der Waals surface area (Å²) < 4.78 is 30.3. The number of nitrogens with one attached hydrogen (secondary N) is 1. The summed E-state index contributed by atoms with van der Waals surface area (Å²) in [5.41, 5.74) is 1.60. The molecule has 0 fully saturated rings. The fourth-order valence-electron chi connectivity index (χ4n) is 2.83. The Balaban J connectivity index is 1.74. The summed E-state index contributed by atoms with van der Waals surface area (Å²) in [6, 6.07) is 7.16. The minimum absolute atomic E-state index is 0.00641. The first-order chi connectivity index (χ1) is 11.5. The van der Waals surface area contributed by atoms with Gasteiger partial charge in [0.25, 0.3) is 0 Å². The molecule has 0 spiro atoms. The molecule has 9 heteroatoms. The predicted molar refractivity (Wildman–Crippen MR) is 88.4 cm³/mol. The second-order valence-corrected chi connectivity index (χ2v) is 7.31. The van der Waals surface area contributed by atoms with E-state index in [0.29, 0.717) is 12.1 Å². The summed E-state index contributed by atoms with van der Waals surface area (Å²) in [6.45, 7) is 2.11. The SMILES string of the molecule is C[C@@H]1CCc2ccccc2N1S(=O)(=O)NC(=O)CCn1ccnn1. The first kappa shape index (κ1) is 16.4. The van der Waals surface area contributed by atoms with E-state index in [1.807, 2.05) is 19.1 Å². The number of aromatic nitrogens is 3. The predicted octanol–water partition coefficient (Wildman–Crippen LogP) is 0.870. The Morgan fingerprint density at radius 3 is 2.92 bits per heavy atom. The van der Waals surface area contributed by atoms with Crippen LogP contribution in [0.5, 0.6) is 0 Å². The van der Waals surface area contributed by atoms with E-state index in [0.717, 1.165) is 12.0 Å². The third-order valence-corrected chi connectivity index (χ3v) is 5.56. The van der Waals surface area contributed by atoms with Crippen molar-refractivity contribution in [2.45, 2.75) is 38.8 Å². The lowest BCUT2D eigenvalue weighted by Gasteiger charge is -2.35. The number of para-hydroxylation sites is 1. The second kappa shape index (κ2) is 6.60. The van der Waals surface area contributed by atoms with Crippen LogP contribution in [0.3, 0.4) is 0 Å². The Morgan fingerprint density at radius 2 is 2.17 bits per heavy atom. The van der Waals surface area contributed by atoms with E-state index in [2.05, 4.69) is 15.0 Å². The highest BCUT2D eigenvalue weighted by Crippen LogP contribution is 2.32. The number of rotatable bonds is 5. The Kier molecular flexibility index (Phi) is 4.52. The minimum atomic E-state index is -3.95. The molecule has 1 atom stereocenters. The van der Waals surface area contributed by atoms with Crippen molar-refractivity contribution in [3.63, 3.8) is 0 Å².